The summed E-state index contributed by atoms with van der Waals surface area (Å²) in [5.74, 6) is 0. The van der Waals surface area contributed by atoms with Crippen LogP contribution in [0.4, 0.5) is 0 Å². The van der Waals surface area contributed by atoms with Crippen molar-refractivity contribution < 1.29 is 0 Å². The minimum Gasteiger partial charge on any atom is -0.391 e. The summed E-state index contributed by atoms with van der Waals surface area (Å²) in [5, 5.41) is 3.08. The molecule has 0 saturated carbocycles. The first kappa shape index (κ1) is 12.9. The molecule has 0 aromatic carbocycles. The van der Waals surface area contributed by atoms with Gasteiger partial charge in [0.05, 0.1) is 0 Å². The molecule has 1 heteroatoms. The van der Waals surface area contributed by atoms with Crippen molar-refractivity contribution in [3.8, 4) is 0 Å². The molecule has 0 heterocycles. The molecule has 0 atom stereocenters. The molecule has 0 bridgehead atoms. The molecule has 0 unspecified atom stereocenters. The van der Waals surface area contributed by atoms with E-state index in [0.717, 1.165) is 6.54 Å². The molecular formula is C10H21N. The summed E-state index contributed by atoms with van der Waals surface area (Å²) in [6.07, 6.45) is 6.04. The third-order valence-corrected chi connectivity index (χ3v) is 0.848. The summed E-state index contributed by atoms with van der Waals surface area (Å²) in [4.78, 5) is 0. The minimum absolute atomic E-state index is 0.993. The van der Waals surface area contributed by atoms with Crippen molar-refractivity contribution in [2.24, 2.45) is 0 Å². The molecule has 0 aliphatic carbocycles. The Kier molecular flexibility index (Phi) is 14.1. The SMILES string of the molecule is CC.CCN/C=C\C=C(C)C. The lowest BCUT2D eigenvalue weighted by Gasteiger charge is -1.88. The topological polar surface area (TPSA) is 12.0 Å². The Morgan fingerprint density at radius 3 is 2.18 bits per heavy atom. The quantitative estimate of drug-likeness (QED) is 0.617. The zero-order valence-corrected chi connectivity index (χ0v) is 8.44. The van der Waals surface area contributed by atoms with Crippen LogP contribution in [0, 0.1) is 0 Å². The van der Waals surface area contributed by atoms with Gasteiger partial charge in [-0.3, -0.25) is 0 Å². The molecule has 1 N–H and O–H groups in total. The maximum absolute atomic E-state index is 3.08. The zero-order valence-electron chi connectivity index (χ0n) is 8.44. The van der Waals surface area contributed by atoms with E-state index in [0.29, 0.717) is 0 Å². The summed E-state index contributed by atoms with van der Waals surface area (Å²) >= 11 is 0. The molecule has 66 valence electrons. The van der Waals surface area contributed by atoms with Crippen LogP contribution in [0.1, 0.15) is 34.6 Å². The minimum atomic E-state index is 0.993. The fraction of sp³-hybridized carbons (Fsp3) is 0.600. The third kappa shape index (κ3) is 17.6. The van der Waals surface area contributed by atoms with Gasteiger partial charge >= 0.3 is 0 Å². The van der Waals surface area contributed by atoms with E-state index in [-0.39, 0.29) is 0 Å². The second-order valence-corrected chi connectivity index (χ2v) is 2.16. The highest BCUT2D eigenvalue weighted by Gasteiger charge is 1.68. The average molecular weight is 155 g/mol. The Hall–Kier alpha value is -0.720. The number of allylic oxidation sites excluding steroid dienone is 3. The molecule has 0 aromatic heterocycles. The Morgan fingerprint density at radius 2 is 1.82 bits per heavy atom. The van der Waals surface area contributed by atoms with Gasteiger partial charge in [-0.05, 0) is 33.0 Å². The Morgan fingerprint density at radius 1 is 1.27 bits per heavy atom. The third-order valence-electron chi connectivity index (χ3n) is 0.848. The number of hydrogen-bond acceptors (Lipinski definition) is 1. The molecule has 0 aromatic rings. The van der Waals surface area contributed by atoms with E-state index in [1.807, 2.05) is 26.1 Å². The van der Waals surface area contributed by atoms with Crippen LogP contribution >= 0.6 is 0 Å². The van der Waals surface area contributed by atoms with Gasteiger partial charge in [-0.15, -0.1) is 0 Å². The first-order valence-electron chi connectivity index (χ1n) is 4.30. The van der Waals surface area contributed by atoms with Crippen LogP contribution in [-0.2, 0) is 0 Å². The van der Waals surface area contributed by atoms with Gasteiger partial charge in [-0.25, -0.2) is 0 Å². The Labute approximate surface area is 71.2 Å². The van der Waals surface area contributed by atoms with Gasteiger partial charge in [-0.1, -0.05) is 25.5 Å². The monoisotopic (exact) mass is 155 g/mol. The molecule has 1 nitrogen and oxygen atoms in total. The van der Waals surface area contributed by atoms with Crippen molar-refractivity contribution >= 4 is 0 Å². The lowest BCUT2D eigenvalue weighted by molar-refractivity contribution is 0.919. The molecular weight excluding hydrogens is 134 g/mol. The molecule has 11 heavy (non-hydrogen) atoms. The lowest BCUT2D eigenvalue weighted by Crippen LogP contribution is -2.00. The largest absolute Gasteiger partial charge is 0.391 e. The van der Waals surface area contributed by atoms with Gasteiger partial charge in [0, 0.05) is 6.54 Å². The zero-order chi connectivity index (χ0) is 9.11. The summed E-state index contributed by atoms with van der Waals surface area (Å²) in [6, 6.07) is 0. The smallest absolute Gasteiger partial charge is 0.0113 e. The molecule has 0 aliphatic heterocycles. The number of nitrogens with one attached hydrogen (secondary N) is 1. The first-order chi connectivity index (χ1) is 5.27. The molecule has 0 amide bonds. The number of hydrogen-bond donors (Lipinski definition) is 1. The first-order valence-corrected chi connectivity index (χ1v) is 4.30. The maximum atomic E-state index is 3.08. The molecule has 0 rings (SSSR count). The highest BCUT2D eigenvalue weighted by Crippen LogP contribution is 1.86. The van der Waals surface area contributed by atoms with E-state index >= 15 is 0 Å². The van der Waals surface area contributed by atoms with Gasteiger partial charge in [0.15, 0.2) is 0 Å². The van der Waals surface area contributed by atoms with Crippen LogP contribution in [0.25, 0.3) is 0 Å². The van der Waals surface area contributed by atoms with Crippen LogP contribution in [0.3, 0.4) is 0 Å². The lowest BCUT2D eigenvalue weighted by atomic mass is 10.3. The predicted octanol–water partition coefficient (Wildman–Crippen LogP) is 3.10. The number of rotatable bonds is 3. The Bertz CT molecular complexity index is 108. The van der Waals surface area contributed by atoms with Crippen LogP contribution in [0.15, 0.2) is 23.9 Å². The van der Waals surface area contributed by atoms with Crippen molar-refractivity contribution in [1.82, 2.24) is 5.32 Å². The van der Waals surface area contributed by atoms with E-state index < -0.39 is 0 Å². The maximum Gasteiger partial charge on any atom is 0.0113 e. The second-order valence-electron chi connectivity index (χ2n) is 2.16. The summed E-state index contributed by atoms with van der Waals surface area (Å²) < 4.78 is 0. The van der Waals surface area contributed by atoms with E-state index in [2.05, 4.69) is 32.2 Å². The van der Waals surface area contributed by atoms with Crippen molar-refractivity contribution in [1.29, 1.82) is 0 Å². The average Bonchev–Trinajstić information content (AvgIpc) is 2.02. The summed E-state index contributed by atoms with van der Waals surface area (Å²) in [7, 11) is 0. The van der Waals surface area contributed by atoms with Gasteiger partial charge in [-0.2, -0.15) is 0 Å². The van der Waals surface area contributed by atoms with Crippen molar-refractivity contribution in [2.75, 3.05) is 6.54 Å². The van der Waals surface area contributed by atoms with Gasteiger partial charge in [0.25, 0.3) is 0 Å². The fourth-order valence-corrected chi connectivity index (χ4v) is 0.426. The standard InChI is InChI=1S/C8H15N.C2H6/c1-4-9-7-5-6-8(2)3;1-2/h5-7,9H,4H2,1-3H3;1-2H3/b7-5-;. The normalized spacial score (nSPS) is 8.45. The van der Waals surface area contributed by atoms with Gasteiger partial charge in [0.2, 0.25) is 0 Å². The Balaban J connectivity index is 0. The van der Waals surface area contributed by atoms with Gasteiger partial charge < -0.3 is 5.32 Å². The highest BCUT2D eigenvalue weighted by atomic mass is 14.8. The van der Waals surface area contributed by atoms with Crippen LogP contribution in [0.2, 0.25) is 0 Å². The van der Waals surface area contributed by atoms with Crippen molar-refractivity contribution in [2.45, 2.75) is 34.6 Å². The molecule has 0 radical (unpaired) electrons. The summed E-state index contributed by atoms with van der Waals surface area (Å²) in [6.45, 7) is 11.2. The van der Waals surface area contributed by atoms with Crippen LogP contribution in [0.5, 0.6) is 0 Å². The predicted molar refractivity (Wildman–Crippen MR) is 53.6 cm³/mol. The summed E-state index contributed by atoms with van der Waals surface area (Å²) in [5.41, 5.74) is 1.32. The fourth-order valence-electron chi connectivity index (χ4n) is 0.426. The van der Waals surface area contributed by atoms with E-state index in [4.69, 9.17) is 0 Å². The molecule has 0 fully saturated rings. The highest BCUT2D eigenvalue weighted by molar-refractivity contribution is 5.07. The van der Waals surface area contributed by atoms with E-state index in [1.165, 1.54) is 5.57 Å². The van der Waals surface area contributed by atoms with Crippen molar-refractivity contribution in [3.05, 3.63) is 23.9 Å². The van der Waals surface area contributed by atoms with Crippen molar-refractivity contribution in [3.63, 3.8) is 0 Å². The molecule has 0 aliphatic rings. The molecule has 0 saturated heterocycles. The van der Waals surface area contributed by atoms with Crippen LogP contribution < -0.4 is 5.32 Å². The molecule has 0 spiro atoms. The van der Waals surface area contributed by atoms with E-state index in [9.17, 15) is 0 Å². The van der Waals surface area contributed by atoms with E-state index in [1.54, 1.807) is 0 Å². The van der Waals surface area contributed by atoms with Crippen LogP contribution in [-0.4, -0.2) is 6.54 Å². The van der Waals surface area contributed by atoms with Gasteiger partial charge in [0.1, 0.15) is 0 Å². The second kappa shape index (κ2) is 12.0.